The number of nitrogens with zero attached hydrogens (tertiary/aromatic N) is 3. The topological polar surface area (TPSA) is 55.0 Å². The van der Waals surface area contributed by atoms with Crippen LogP contribution in [-0.2, 0) is 0 Å². The summed E-state index contributed by atoms with van der Waals surface area (Å²) in [6.45, 7) is 1.04. The van der Waals surface area contributed by atoms with Crippen LogP contribution in [0.15, 0.2) is 11.2 Å². The summed E-state index contributed by atoms with van der Waals surface area (Å²) in [6.07, 6.45) is -1.94. The van der Waals surface area contributed by atoms with Crippen LogP contribution in [0.5, 0.6) is 0 Å². The molecule has 0 bridgehead atoms. The van der Waals surface area contributed by atoms with Gasteiger partial charge in [-0.1, -0.05) is 18.7 Å². The van der Waals surface area contributed by atoms with Crippen molar-refractivity contribution in [2.45, 2.75) is 24.7 Å². The van der Waals surface area contributed by atoms with Crippen molar-refractivity contribution in [3.05, 3.63) is 6.07 Å². The smallest absolute Gasteiger partial charge is 0.383 e. The molecule has 0 amide bonds. The summed E-state index contributed by atoms with van der Waals surface area (Å²) in [7, 11) is 0. The second kappa shape index (κ2) is 6.12. The number of halogens is 3. The Balaban J connectivity index is 3.01. The predicted octanol–water partition coefficient (Wildman–Crippen LogP) is 2.56. The molecular formula is C10H15F3N4S. The Morgan fingerprint density at radius 3 is 2.56 bits per heavy atom. The molecule has 102 valence electrons. The third-order valence-electron chi connectivity index (χ3n) is 2.08. The van der Waals surface area contributed by atoms with E-state index in [9.17, 15) is 13.2 Å². The average molecular weight is 280 g/mol. The number of anilines is 2. The number of hydrogen-bond acceptors (Lipinski definition) is 5. The summed E-state index contributed by atoms with van der Waals surface area (Å²) in [4.78, 5) is 9.13. The van der Waals surface area contributed by atoms with Crippen molar-refractivity contribution in [1.82, 2.24) is 9.97 Å². The van der Waals surface area contributed by atoms with Gasteiger partial charge >= 0.3 is 6.18 Å². The van der Waals surface area contributed by atoms with Gasteiger partial charge in [0.2, 0.25) is 0 Å². The van der Waals surface area contributed by atoms with E-state index < -0.39 is 12.7 Å². The van der Waals surface area contributed by atoms with E-state index in [1.165, 1.54) is 17.8 Å². The summed E-state index contributed by atoms with van der Waals surface area (Å²) in [5, 5.41) is 0.369. The summed E-state index contributed by atoms with van der Waals surface area (Å²) >= 11 is 1.24. The minimum Gasteiger partial charge on any atom is -0.383 e. The van der Waals surface area contributed by atoms with Gasteiger partial charge in [0.1, 0.15) is 18.2 Å². The summed E-state index contributed by atoms with van der Waals surface area (Å²) in [6, 6.07) is 1.36. The minimum absolute atomic E-state index is 0.174. The molecule has 0 saturated heterocycles. The normalized spacial score (nSPS) is 11.6. The van der Waals surface area contributed by atoms with Crippen LogP contribution in [0.3, 0.4) is 0 Å². The maximum absolute atomic E-state index is 12.5. The Morgan fingerprint density at radius 1 is 1.39 bits per heavy atom. The van der Waals surface area contributed by atoms with E-state index in [-0.39, 0.29) is 18.2 Å². The van der Waals surface area contributed by atoms with E-state index >= 15 is 0 Å². The molecule has 0 unspecified atom stereocenters. The SMILES string of the molecule is CCCN(CC(F)(F)F)c1cc(N)nc(SC)n1. The lowest BCUT2D eigenvalue weighted by Gasteiger charge is -2.24. The number of nitrogen functional groups attached to an aromatic ring is 1. The molecular weight excluding hydrogens is 265 g/mol. The molecule has 4 nitrogen and oxygen atoms in total. The van der Waals surface area contributed by atoms with Gasteiger partial charge in [-0.25, -0.2) is 9.97 Å². The molecule has 0 atom stereocenters. The average Bonchev–Trinajstić information content (AvgIpc) is 2.26. The monoisotopic (exact) mass is 280 g/mol. The van der Waals surface area contributed by atoms with Gasteiger partial charge in [-0.05, 0) is 12.7 Å². The molecule has 1 rings (SSSR count). The van der Waals surface area contributed by atoms with Gasteiger partial charge in [0, 0.05) is 12.6 Å². The van der Waals surface area contributed by atoms with Crippen LogP contribution in [0.2, 0.25) is 0 Å². The fourth-order valence-electron chi connectivity index (χ4n) is 1.44. The van der Waals surface area contributed by atoms with E-state index in [0.717, 1.165) is 4.90 Å². The summed E-state index contributed by atoms with van der Waals surface area (Å²) in [5.41, 5.74) is 5.56. The molecule has 18 heavy (non-hydrogen) atoms. The number of nitrogens with two attached hydrogens (primary N) is 1. The summed E-state index contributed by atoms with van der Waals surface area (Å²) < 4.78 is 37.4. The zero-order chi connectivity index (χ0) is 13.8. The quantitative estimate of drug-likeness (QED) is 0.663. The Morgan fingerprint density at radius 2 is 2.06 bits per heavy atom. The number of alkyl halides is 3. The zero-order valence-corrected chi connectivity index (χ0v) is 11.0. The first-order valence-electron chi connectivity index (χ1n) is 5.36. The van der Waals surface area contributed by atoms with Crippen LogP contribution in [0.25, 0.3) is 0 Å². The van der Waals surface area contributed by atoms with Crippen LogP contribution in [0.1, 0.15) is 13.3 Å². The van der Waals surface area contributed by atoms with E-state index in [4.69, 9.17) is 5.73 Å². The van der Waals surface area contributed by atoms with Gasteiger partial charge in [-0.15, -0.1) is 0 Å². The molecule has 0 aromatic carbocycles. The highest BCUT2D eigenvalue weighted by atomic mass is 32.2. The lowest BCUT2D eigenvalue weighted by atomic mass is 10.3. The number of rotatable bonds is 5. The van der Waals surface area contributed by atoms with Crippen LogP contribution in [-0.4, -0.2) is 35.5 Å². The standard InChI is InChI=1S/C10H15F3N4S/c1-3-4-17(6-10(11,12)13)8-5-7(14)15-9(16-8)18-2/h5H,3-4,6H2,1-2H3,(H2,14,15,16). The van der Waals surface area contributed by atoms with E-state index in [1.54, 1.807) is 6.26 Å². The molecule has 2 N–H and O–H groups in total. The molecule has 8 heteroatoms. The fraction of sp³-hybridized carbons (Fsp3) is 0.600. The highest BCUT2D eigenvalue weighted by Crippen LogP contribution is 2.23. The first-order valence-corrected chi connectivity index (χ1v) is 6.58. The molecule has 0 aliphatic heterocycles. The third kappa shape index (κ3) is 4.59. The Hall–Kier alpha value is -1.18. The molecule has 0 saturated carbocycles. The highest BCUT2D eigenvalue weighted by molar-refractivity contribution is 7.98. The second-order valence-corrected chi connectivity index (χ2v) is 4.45. The molecule has 1 aromatic heterocycles. The van der Waals surface area contributed by atoms with Crippen molar-refractivity contribution in [1.29, 1.82) is 0 Å². The molecule has 1 aromatic rings. The van der Waals surface area contributed by atoms with Crippen molar-refractivity contribution in [3.8, 4) is 0 Å². The molecule has 0 fully saturated rings. The Bertz CT molecular complexity index is 397. The van der Waals surface area contributed by atoms with Gasteiger partial charge in [0.15, 0.2) is 5.16 Å². The molecule has 1 heterocycles. The maximum Gasteiger partial charge on any atom is 0.405 e. The summed E-state index contributed by atoms with van der Waals surface area (Å²) in [5.74, 6) is 0.388. The van der Waals surface area contributed by atoms with Crippen LogP contribution in [0.4, 0.5) is 24.8 Å². The first-order chi connectivity index (χ1) is 8.35. The van der Waals surface area contributed by atoms with E-state index in [0.29, 0.717) is 11.6 Å². The van der Waals surface area contributed by atoms with E-state index in [1.807, 2.05) is 6.92 Å². The zero-order valence-electron chi connectivity index (χ0n) is 10.2. The van der Waals surface area contributed by atoms with Crippen molar-refractivity contribution < 1.29 is 13.2 Å². The molecule has 0 spiro atoms. The van der Waals surface area contributed by atoms with Crippen LogP contribution in [0, 0.1) is 0 Å². The van der Waals surface area contributed by atoms with Crippen molar-refractivity contribution in [3.63, 3.8) is 0 Å². The number of hydrogen-bond donors (Lipinski definition) is 1. The molecule has 0 aliphatic carbocycles. The van der Waals surface area contributed by atoms with Crippen molar-refractivity contribution in [2.75, 3.05) is 30.0 Å². The van der Waals surface area contributed by atoms with Gasteiger partial charge in [-0.2, -0.15) is 13.2 Å². The Labute approximate surface area is 108 Å². The van der Waals surface area contributed by atoms with Crippen molar-refractivity contribution >= 4 is 23.4 Å². The minimum atomic E-state index is -4.27. The first kappa shape index (κ1) is 14.9. The molecule has 0 radical (unpaired) electrons. The largest absolute Gasteiger partial charge is 0.405 e. The fourth-order valence-corrected chi connectivity index (χ4v) is 1.83. The van der Waals surface area contributed by atoms with Gasteiger partial charge in [0.25, 0.3) is 0 Å². The second-order valence-electron chi connectivity index (χ2n) is 3.67. The van der Waals surface area contributed by atoms with Crippen molar-refractivity contribution in [2.24, 2.45) is 0 Å². The maximum atomic E-state index is 12.5. The van der Waals surface area contributed by atoms with Gasteiger partial charge in [0.05, 0.1) is 0 Å². The third-order valence-corrected chi connectivity index (χ3v) is 2.63. The molecule has 0 aliphatic rings. The van der Waals surface area contributed by atoms with Gasteiger partial charge in [-0.3, -0.25) is 0 Å². The highest BCUT2D eigenvalue weighted by Gasteiger charge is 2.31. The van der Waals surface area contributed by atoms with Crippen LogP contribution < -0.4 is 10.6 Å². The number of aromatic nitrogens is 2. The number of thioether (sulfide) groups is 1. The Kier molecular flexibility index (Phi) is 5.06. The van der Waals surface area contributed by atoms with Gasteiger partial charge < -0.3 is 10.6 Å². The lowest BCUT2D eigenvalue weighted by Crippen LogP contribution is -2.35. The lowest BCUT2D eigenvalue weighted by molar-refractivity contribution is -0.119. The van der Waals surface area contributed by atoms with Crippen LogP contribution >= 0.6 is 11.8 Å². The predicted molar refractivity (Wildman–Crippen MR) is 66.8 cm³/mol. The van der Waals surface area contributed by atoms with E-state index in [2.05, 4.69) is 9.97 Å².